The Balaban J connectivity index is 1.59. The molecule has 3 rings (SSSR count). The molecule has 2 fully saturated rings. The van der Waals surface area contributed by atoms with Crippen molar-refractivity contribution in [1.29, 1.82) is 0 Å². The molecule has 174 valence electrons. The van der Waals surface area contributed by atoms with Crippen LogP contribution in [0.2, 0.25) is 0 Å². The highest BCUT2D eigenvalue weighted by Crippen LogP contribution is 2.35. The highest BCUT2D eigenvalue weighted by Gasteiger charge is 2.38. The van der Waals surface area contributed by atoms with Gasteiger partial charge in [0, 0.05) is 18.6 Å². The predicted molar refractivity (Wildman–Crippen MR) is 127 cm³/mol. The quantitative estimate of drug-likeness (QED) is 0.418. The first-order valence-electron chi connectivity index (χ1n) is 11.8. The minimum Gasteiger partial charge on any atom is -0.357 e. The Kier molecular flexibility index (Phi) is 8.75. The van der Waals surface area contributed by atoms with Gasteiger partial charge in [-0.2, -0.15) is 0 Å². The molecule has 8 heteroatoms. The number of nitrogens with zero attached hydrogens (tertiary/aromatic N) is 2. The second kappa shape index (κ2) is 11.3. The van der Waals surface area contributed by atoms with Gasteiger partial charge in [-0.1, -0.05) is 37.8 Å². The van der Waals surface area contributed by atoms with Crippen LogP contribution in [-0.2, 0) is 16.4 Å². The standard InChI is InChI=1S/C23H39N5O2S/c1-2-25-22(26-16-13-20-9-11-21(12-10-20)31(24,29)30)27-19-23(14-5-3-6-15-23)28-17-7-4-8-18-28/h9-12H,2-8,13-19H2,1H3,(H2,24,29,30)(H2,25,26,27). The summed E-state index contributed by atoms with van der Waals surface area (Å²) in [6, 6.07) is 6.77. The summed E-state index contributed by atoms with van der Waals surface area (Å²) in [7, 11) is -3.64. The number of rotatable bonds is 8. The largest absolute Gasteiger partial charge is 0.357 e. The first-order chi connectivity index (χ1) is 14.9. The molecule has 0 atom stereocenters. The van der Waals surface area contributed by atoms with Gasteiger partial charge in [-0.05, 0) is 69.8 Å². The molecule has 1 aliphatic carbocycles. The molecule has 1 saturated heterocycles. The fourth-order valence-electron chi connectivity index (χ4n) is 4.89. The lowest BCUT2D eigenvalue weighted by atomic mass is 9.79. The van der Waals surface area contributed by atoms with E-state index in [1.807, 2.05) is 12.1 Å². The SMILES string of the molecule is CCNC(=NCC1(N2CCCCC2)CCCCC1)NCCc1ccc(S(N)(=O)=O)cc1. The highest BCUT2D eigenvalue weighted by molar-refractivity contribution is 7.89. The molecule has 1 aliphatic heterocycles. The van der Waals surface area contributed by atoms with Crippen molar-refractivity contribution in [2.75, 3.05) is 32.7 Å². The van der Waals surface area contributed by atoms with E-state index in [1.54, 1.807) is 12.1 Å². The second-order valence-corrected chi connectivity index (χ2v) is 10.5. The monoisotopic (exact) mass is 449 g/mol. The van der Waals surface area contributed by atoms with Crippen LogP contribution in [0.4, 0.5) is 0 Å². The van der Waals surface area contributed by atoms with Crippen LogP contribution >= 0.6 is 0 Å². The molecule has 1 heterocycles. The molecule has 1 aromatic carbocycles. The van der Waals surface area contributed by atoms with Crippen molar-refractivity contribution in [2.24, 2.45) is 10.1 Å². The molecule has 0 bridgehead atoms. The molecule has 4 N–H and O–H groups in total. The number of likely N-dealkylation sites (tertiary alicyclic amines) is 1. The lowest BCUT2D eigenvalue weighted by Crippen LogP contribution is -2.54. The Morgan fingerprint density at radius 3 is 2.29 bits per heavy atom. The number of sulfonamides is 1. The van der Waals surface area contributed by atoms with Gasteiger partial charge in [0.15, 0.2) is 5.96 Å². The molecule has 0 amide bonds. The predicted octanol–water partition coefficient (Wildman–Crippen LogP) is 2.62. The number of guanidine groups is 1. The number of nitrogens with one attached hydrogen (secondary N) is 2. The molecule has 31 heavy (non-hydrogen) atoms. The maximum atomic E-state index is 11.4. The number of hydrogen-bond acceptors (Lipinski definition) is 4. The zero-order chi connectivity index (χ0) is 22.2. The van der Waals surface area contributed by atoms with E-state index in [4.69, 9.17) is 10.1 Å². The smallest absolute Gasteiger partial charge is 0.238 e. The van der Waals surface area contributed by atoms with E-state index < -0.39 is 10.0 Å². The van der Waals surface area contributed by atoms with Crippen molar-refractivity contribution >= 4 is 16.0 Å². The number of aliphatic imine (C=N–C) groups is 1. The number of hydrogen-bond donors (Lipinski definition) is 3. The van der Waals surface area contributed by atoms with E-state index in [-0.39, 0.29) is 10.4 Å². The molecule has 1 aromatic rings. The maximum absolute atomic E-state index is 11.4. The molecule has 2 aliphatic rings. The van der Waals surface area contributed by atoms with Gasteiger partial charge in [0.05, 0.1) is 11.4 Å². The Labute approximate surface area is 187 Å². The summed E-state index contributed by atoms with van der Waals surface area (Å²) in [6.45, 7) is 6.93. The third-order valence-electron chi connectivity index (χ3n) is 6.64. The Morgan fingerprint density at radius 1 is 1.03 bits per heavy atom. The van der Waals surface area contributed by atoms with Gasteiger partial charge in [0.25, 0.3) is 0 Å². The number of benzene rings is 1. The van der Waals surface area contributed by atoms with E-state index >= 15 is 0 Å². The summed E-state index contributed by atoms with van der Waals surface area (Å²) in [5.41, 5.74) is 1.29. The number of primary sulfonamides is 1. The van der Waals surface area contributed by atoms with Gasteiger partial charge < -0.3 is 10.6 Å². The van der Waals surface area contributed by atoms with Crippen LogP contribution in [0, 0.1) is 0 Å². The van der Waals surface area contributed by atoms with Gasteiger partial charge >= 0.3 is 0 Å². The normalized spacial score (nSPS) is 20.4. The second-order valence-electron chi connectivity index (χ2n) is 8.89. The summed E-state index contributed by atoms with van der Waals surface area (Å²) >= 11 is 0. The number of piperidine rings is 1. The summed E-state index contributed by atoms with van der Waals surface area (Å²) in [4.78, 5) is 7.90. The topological polar surface area (TPSA) is 99.8 Å². The van der Waals surface area contributed by atoms with Crippen molar-refractivity contribution in [3.05, 3.63) is 29.8 Å². The Morgan fingerprint density at radius 2 is 1.68 bits per heavy atom. The van der Waals surface area contributed by atoms with Crippen LogP contribution in [-0.4, -0.2) is 57.5 Å². The zero-order valence-electron chi connectivity index (χ0n) is 18.9. The Hall–Kier alpha value is -1.64. The van der Waals surface area contributed by atoms with Gasteiger partial charge in [0.1, 0.15) is 0 Å². The Bertz CT molecular complexity index is 811. The molecule has 1 saturated carbocycles. The van der Waals surface area contributed by atoms with Crippen LogP contribution in [0.3, 0.4) is 0 Å². The van der Waals surface area contributed by atoms with Crippen molar-refractivity contribution in [1.82, 2.24) is 15.5 Å². The molecule has 0 unspecified atom stereocenters. The van der Waals surface area contributed by atoms with Crippen LogP contribution in [0.5, 0.6) is 0 Å². The third kappa shape index (κ3) is 6.92. The average Bonchev–Trinajstić information content (AvgIpc) is 2.78. The van der Waals surface area contributed by atoms with Crippen LogP contribution in [0.1, 0.15) is 63.9 Å². The van der Waals surface area contributed by atoms with Crippen molar-refractivity contribution in [3.8, 4) is 0 Å². The van der Waals surface area contributed by atoms with Crippen LogP contribution in [0.15, 0.2) is 34.2 Å². The number of nitrogens with two attached hydrogens (primary N) is 1. The average molecular weight is 450 g/mol. The van der Waals surface area contributed by atoms with Crippen molar-refractivity contribution in [3.63, 3.8) is 0 Å². The minimum atomic E-state index is -3.64. The minimum absolute atomic E-state index is 0.148. The summed E-state index contributed by atoms with van der Waals surface area (Å²) in [6.07, 6.45) is 11.3. The van der Waals surface area contributed by atoms with Gasteiger partial charge in [0.2, 0.25) is 10.0 Å². The van der Waals surface area contributed by atoms with Gasteiger partial charge in [-0.15, -0.1) is 0 Å². The van der Waals surface area contributed by atoms with Crippen molar-refractivity contribution in [2.45, 2.75) is 75.1 Å². The lowest BCUT2D eigenvalue weighted by molar-refractivity contribution is 0.0407. The summed E-state index contributed by atoms with van der Waals surface area (Å²) < 4.78 is 22.8. The summed E-state index contributed by atoms with van der Waals surface area (Å²) in [5.74, 6) is 0.866. The van der Waals surface area contributed by atoms with E-state index in [0.717, 1.165) is 37.6 Å². The lowest BCUT2D eigenvalue weighted by Gasteiger charge is -2.47. The maximum Gasteiger partial charge on any atom is 0.238 e. The molecule has 0 aromatic heterocycles. The molecular formula is C23H39N5O2S. The third-order valence-corrected chi connectivity index (χ3v) is 7.57. The van der Waals surface area contributed by atoms with E-state index in [2.05, 4.69) is 22.5 Å². The molecule has 7 nitrogen and oxygen atoms in total. The summed E-state index contributed by atoms with van der Waals surface area (Å²) in [5, 5.41) is 12.0. The highest BCUT2D eigenvalue weighted by atomic mass is 32.2. The van der Waals surface area contributed by atoms with E-state index in [9.17, 15) is 8.42 Å². The van der Waals surface area contributed by atoms with E-state index in [0.29, 0.717) is 0 Å². The molecule has 0 spiro atoms. The van der Waals surface area contributed by atoms with Gasteiger partial charge in [-0.3, -0.25) is 9.89 Å². The molecular weight excluding hydrogens is 410 g/mol. The zero-order valence-corrected chi connectivity index (χ0v) is 19.7. The van der Waals surface area contributed by atoms with Crippen LogP contribution < -0.4 is 15.8 Å². The molecule has 0 radical (unpaired) electrons. The first-order valence-corrected chi connectivity index (χ1v) is 13.4. The first kappa shape index (κ1) is 24.0. The van der Waals surface area contributed by atoms with Crippen LogP contribution in [0.25, 0.3) is 0 Å². The fourth-order valence-corrected chi connectivity index (χ4v) is 5.41. The van der Waals surface area contributed by atoms with E-state index in [1.165, 1.54) is 64.5 Å². The fraction of sp³-hybridized carbons (Fsp3) is 0.696. The van der Waals surface area contributed by atoms with Gasteiger partial charge in [-0.25, -0.2) is 13.6 Å². The van der Waals surface area contributed by atoms with Crippen molar-refractivity contribution < 1.29 is 8.42 Å².